The van der Waals surface area contributed by atoms with E-state index in [0.717, 1.165) is 6.42 Å². The Morgan fingerprint density at radius 2 is 2.00 bits per heavy atom. The Bertz CT molecular complexity index is 243. The van der Waals surface area contributed by atoms with E-state index in [-0.39, 0.29) is 23.1 Å². The number of carbonyl (C=O) groups excluding carboxylic acids is 1. The van der Waals surface area contributed by atoms with Crippen LogP contribution in [0.2, 0.25) is 0 Å². The molecule has 1 fully saturated rings. The molecule has 0 unspecified atom stereocenters. The molecule has 1 heterocycles. The van der Waals surface area contributed by atoms with Crippen LogP contribution in [0, 0.1) is 5.92 Å². The van der Waals surface area contributed by atoms with Gasteiger partial charge in [0.25, 0.3) is 0 Å². The Hall–Kier alpha value is -0.570. The lowest BCUT2D eigenvalue weighted by atomic mass is 9.85. The Morgan fingerprint density at radius 3 is 2.40 bits per heavy atom. The van der Waals surface area contributed by atoms with E-state index in [9.17, 15) is 4.79 Å². The number of ether oxygens (including phenoxy) is 2. The SMILES string of the molecule is CCOC(=O)C[C@H]1CC(C)(C)OC1(C)C. The fourth-order valence-electron chi connectivity index (χ4n) is 2.42. The van der Waals surface area contributed by atoms with Gasteiger partial charge in [-0.25, -0.2) is 0 Å². The first-order valence-corrected chi connectivity index (χ1v) is 5.62. The lowest BCUT2D eigenvalue weighted by Crippen LogP contribution is -2.30. The van der Waals surface area contributed by atoms with Gasteiger partial charge >= 0.3 is 5.97 Å². The van der Waals surface area contributed by atoms with Crippen molar-refractivity contribution < 1.29 is 14.3 Å². The summed E-state index contributed by atoms with van der Waals surface area (Å²) in [5.74, 6) is 0.142. The van der Waals surface area contributed by atoms with Crippen LogP contribution in [0.3, 0.4) is 0 Å². The molecule has 1 aliphatic heterocycles. The van der Waals surface area contributed by atoms with Crippen LogP contribution in [0.25, 0.3) is 0 Å². The third-order valence-corrected chi connectivity index (χ3v) is 2.98. The first-order chi connectivity index (χ1) is 6.77. The van der Waals surface area contributed by atoms with Crippen molar-refractivity contribution in [2.75, 3.05) is 6.61 Å². The molecule has 0 aromatic heterocycles. The molecule has 1 atom stereocenters. The molecule has 0 amide bonds. The zero-order chi connectivity index (χ0) is 11.7. The predicted molar refractivity (Wildman–Crippen MR) is 58.6 cm³/mol. The molecule has 3 heteroatoms. The van der Waals surface area contributed by atoms with Gasteiger partial charge in [-0.05, 0) is 41.0 Å². The van der Waals surface area contributed by atoms with Crippen LogP contribution in [0.4, 0.5) is 0 Å². The van der Waals surface area contributed by atoms with Gasteiger partial charge in [-0.15, -0.1) is 0 Å². The Kier molecular flexibility index (Phi) is 3.44. The van der Waals surface area contributed by atoms with E-state index in [1.807, 2.05) is 20.8 Å². The molecular formula is C12H22O3. The van der Waals surface area contributed by atoms with Crippen molar-refractivity contribution in [3.8, 4) is 0 Å². The Balaban J connectivity index is 2.59. The number of hydrogen-bond donors (Lipinski definition) is 0. The smallest absolute Gasteiger partial charge is 0.306 e. The van der Waals surface area contributed by atoms with Crippen molar-refractivity contribution in [2.24, 2.45) is 5.92 Å². The minimum Gasteiger partial charge on any atom is -0.466 e. The van der Waals surface area contributed by atoms with Gasteiger partial charge in [0.05, 0.1) is 24.2 Å². The van der Waals surface area contributed by atoms with Gasteiger partial charge in [0, 0.05) is 5.92 Å². The molecular weight excluding hydrogens is 192 g/mol. The normalized spacial score (nSPS) is 27.7. The third-order valence-electron chi connectivity index (χ3n) is 2.98. The number of esters is 1. The fourth-order valence-corrected chi connectivity index (χ4v) is 2.42. The maximum absolute atomic E-state index is 11.4. The molecule has 3 nitrogen and oxygen atoms in total. The highest BCUT2D eigenvalue weighted by atomic mass is 16.5. The summed E-state index contributed by atoms with van der Waals surface area (Å²) in [6, 6.07) is 0. The molecule has 1 rings (SSSR count). The van der Waals surface area contributed by atoms with Gasteiger partial charge in [0.1, 0.15) is 0 Å². The van der Waals surface area contributed by atoms with Crippen LogP contribution in [0.15, 0.2) is 0 Å². The molecule has 0 saturated carbocycles. The summed E-state index contributed by atoms with van der Waals surface area (Å²) in [5, 5.41) is 0. The maximum Gasteiger partial charge on any atom is 0.306 e. The van der Waals surface area contributed by atoms with Crippen LogP contribution in [0.1, 0.15) is 47.5 Å². The van der Waals surface area contributed by atoms with Crippen molar-refractivity contribution in [3.05, 3.63) is 0 Å². The van der Waals surface area contributed by atoms with Gasteiger partial charge in [0.15, 0.2) is 0 Å². The molecule has 1 saturated heterocycles. The summed E-state index contributed by atoms with van der Waals surface area (Å²) in [5.41, 5.74) is -0.350. The van der Waals surface area contributed by atoms with Crippen LogP contribution in [0.5, 0.6) is 0 Å². The molecule has 0 aromatic rings. The summed E-state index contributed by atoms with van der Waals surface area (Å²) >= 11 is 0. The van der Waals surface area contributed by atoms with Gasteiger partial charge in [-0.1, -0.05) is 0 Å². The van der Waals surface area contributed by atoms with Crippen molar-refractivity contribution in [2.45, 2.75) is 58.7 Å². The number of rotatable bonds is 3. The van der Waals surface area contributed by atoms with Gasteiger partial charge in [-0.2, -0.15) is 0 Å². The zero-order valence-electron chi connectivity index (χ0n) is 10.4. The molecule has 0 spiro atoms. The molecule has 0 aromatic carbocycles. The van der Waals surface area contributed by atoms with E-state index in [2.05, 4.69) is 13.8 Å². The Morgan fingerprint density at radius 1 is 1.40 bits per heavy atom. The highest BCUT2D eigenvalue weighted by Gasteiger charge is 2.46. The van der Waals surface area contributed by atoms with Crippen LogP contribution in [-0.2, 0) is 14.3 Å². The van der Waals surface area contributed by atoms with E-state index in [4.69, 9.17) is 9.47 Å². The van der Waals surface area contributed by atoms with Gasteiger partial charge in [0.2, 0.25) is 0 Å². The van der Waals surface area contributed by atoms with Crippen molar-refractivity contribution in [1.82, 2.24) is 0 Å². The molecule has 1 aliphatic rings. The zero-order valence-corrected chi connectivity index (χ0v) is 10.4. The first-order valence-electron chi connectivity index (χ1n) is 5.62. The molecule has 15 heavy (non-hydrogen) atoms. The fraction of sp³-hybridized carbons (Fsp3) is 0.917. The van der Waals surface area contributed by atoms with Crippen molar-refractivity contribution in [3.63, 3.8) is 0 Å². The van der Waals surface area contributed by atoms with E-state index < -0.39 is 0 Å². The van der Waals surface area contributed by atoms with Crippen LogP contribution < -0.4 is 0 Å². The van der Waals surface area contributed by atoms with E-state index >= 15 is 0 Å². The second-order valence-electron chi connectivity index (χ2n) is 5.38. The van der Waals surface area contributed by atoms with Crippen molar-refractivity contribution in [1.29, 1.82) is 0 Å². The molecule has 0 radical (unpaired) electrons. The van der Waals surface area contributed by atoms with E-state index in [1.165, 1.54) is 0 Å². The van der Waals surface area contributed by atoms with Gasteiger partial charge in [-0.3, -0.25) is 4.79 Å². The molecule has 0 aliphatic carbocycles. The molecule has 88 valence electrons. The maximum atomic E-state index is 11.4. The predicted octanol–water partition coefficient (Wildman–Crippen LogP) is 2.53. The Labute approximate surface area is 92.1 Å². The standard InChI is InChI=1S/C12H22O3/c1-6-14-10(13)7-9-8-11(2,3)15-12(9,4)5/h9H,6-8H2,1-5H3/t9-/m0/s1. The summed E-state index contributed by atoms with van der Waals surface area (Å²) in [6.07, 6.45) is 1.38. The summed E-state index contributed by atoms with van der Waals surface area (Å²) in [4.78, 5) is 11.4. The largest absolute Gasteiger partial charge is 0.466 e. The summed E-state index contributed by atoms with van der Waals surface area (Å²) in [7, 11) is 0. The lowest BCUT2D eigenvalue weighted by molar-refractivity contribution is -0.146. The van der Waals surface area contributed by atoms with Crippen LogP contribution in [-0.4, -0.2) is 23.8 Å². The van der Waals surface area contributed by atoms with Crippen molar-refractivity contribution >= 4 is 5.97 Å². The number of carbonyl (C=O) groups is 1. The second-order valence-corrected chi connectivity index (χ2v) is 5.38. The minimum absolute atomic E-state index is 0.114. The average Bonchev–Trinajstić information content (AvgIpc) is 2.19. The number of hydrogen-bond acceptors (Lipinski definition) is 3. The second kappa shape index (κ2) is 4.12. The summed E-state index contributed by atoms with van der Waals surface area (Å²) < 4.78 is 10.9. The lowest BCUT2D eigenvalue weighted by Gasteiger charge is -2.26. The first kappa shape index (κ1) is 12.5. The third kappa shape index (κ3) is 3.20. The average molecular weight is 214 g/mol. The summed E-state index contributed by atoms with van der Waals surface area (Å²) in [6.45, 7) is 10.5. The highest BCUT2D eigenvalue weighted by Crippen LogP contribution is 2.43. The molecule has 0 bridgehead atoms. The monoisotopic (exact) mass is 214 g/mol. The highest BCUT2D eigenvalue weighted by molar-refractivity contribution is 5.69. The van der Waals surface area contributed by atoms with E-state index in [0.29, 0.717) is 13.0 Å². The van der Waals surface area contributed by atoms with Crippen LogP contribution >= 0.6 is 0 Å². The quantitative estimate of drug-likeness (QED) is 0.677. The van der Waals surface area contributed by atoms with Gasteiger partial charge < -0.3 is 9.47 Å². The molecule has 0 N–H and O–H groups in total. The topological polar surface area (TPSA) is 35.5 Å². The van der Waals surface area contributed by atoms with E-state index in [1.54, 1.807) is 0 Å². The minimum atomic E-state index is -0.226.